The molecule has 192 valence electrons. The molecule has 3 aromatic rings. The van der Waals surface area contributed by atoms with Crippen LogP contribution in [-0.2, 0) is 13.0 Å². The van der Waals surface area contributed by atoms with Crippen LogP contribution in [0.3, 0.4) is 0 Å². The number of anilines is 1. The van der Waals surface area contributed by atoms with Crippen LogP contribution in [0.25, 0.3) is 11.5 Å². The first-order valence-electron chi connectivity index (χ1n) is 11.6. The average molecular weight is 506 g/mol. The lowest BCUT2D eigenvalue weighted by molar-refractivity contribution is 0.116. The largest absolute Gasteiger partial charge is 0.415 e. The van der Waals surface area contributed by atoms with Crippen molar-refractivity contribution in [2.24, 2.45) is 0 Å². The molecule has 0 N–H and O–H groups in total. The van der Waals surface area contributed by atoms with Gasteiger partial charge in [0.2, 0.25) is 5.89 Å². The number of urea groups is 1. The van der Waals surface area contributed by atoms with Crippen LogP contribution in [0.4, 0.5) is 28.0 Å². The number of aryl methyl sites for hydroxylation is 1. The van der Waals surface area contributed by atoms with Crippen LogP contribution < -0.4 is 4.90 Å². The van der Waals surface area contributed by atoms with Crippen molar-refractivity contribution < 1.29 is 26.8 Å². The van der Waals surface area contributed by atoms with Gasteiger partial charge in [0, 0.05) is 35.9 Å². The molecular formula is C25H27F4N5O2. The van der Waals surface area contributed by atoms with Gasteiger partial charge in [-0.05, 0) is 62.8 Å². The molecule has 0 radical (unpaired) electrons. The lowest BCUT2D eigenvalue weighted by Gasteiger charge is -2.30. The number of nitrogens with zero attached hydrogens (tertiary/aromatic N) is 5. The Labute approximate surface area is 206 Å². The van der Waals surface area contributed by atoms with Crippen LogP contribution in [0, 0.1) is 11.6 Å². The number of likely N-dealkylation sites (N-methyl/N-ethyl adjacent to an activating group) is 1. The summed E-state index contributed by atoms with van der Waals surface area (Å²) in [6.45, 7) is 2.81. The monoisotopic (exact) mass is 505 g/mol. The Bertz CT molecular complexity index is 1230. The Morgan fingerprint density at radius 3 is 2.53 bits per heavy atom. The maximum absolute atomic E-state index is 15.2. The summed E-state index contributed by atoms with van der Waals surface area (Å²) >= 11 is 0. The third-order valence-electron chi connectivity index (χ3n) is 6.36. The molecule has 7 nitrogen and oxygen atoms in total. The van der Waals surface area contributed by atoms with Crippen molar-refractivity contribution in [3.05, 3.63) is 65.1 Å². The highest BCUT2D eigenvalue weighted by molar-refractivity contribution is 5.93. The van der Waals surface area contributed by atoms with E-state index in [0.717, 1.165) is 12.5 Å². The predicted octanol–water partition coefficient (Wildman–Crippen LogP) is 5.28. The molecule has 2 amide bonds. The summed E-state index contributed by atoms with van der Waals surface area (Å²) in [4.78, 5) is 18.9. The van der Waals surface area contributed by atoms with Gasteiger partial charge in [-0.1, -0.05) is 13.0 Å². The van der Waals surface area contributed by atoms with Gasteiger partial charge in [0.1, 0.15) is 11.6 Å². The molecule has 2 heterocycles. The molecule has 0 spiro atoms. The first-order chi connectivity index (χ1) is 17.2. The molecule has 1 saturated heterocycles. The molecular weight excluding hydrogens is 478 g/mol. The summed E-state index contributed by atoms with van der Waals surface area (Å²) in [7, 11) is 3.91. The summed E-state index contributed by atoms with van der Waals surface area (Å²) in [6, 6.07) is 8.09. The van der Waals surface area contributed by atoms with Crippen LogP contribution in [0.15, 0.2) is 40.8 Å². The number of benzene rings is 2. The maximum Gasteiger partial charge on any atom is 0.324 e. The van der Waals surface area contributed by atoms with Crippen LogP contribution in [0.2, 0.25) is 0 Å². The van der Waals surface area contributed by atoms with Gasteiger partial charge >= 0.3 is 12.5 Å². The summed E-state index contributed by atoms with van der Waals surface area (Å²) in [5.41, 5.74) is 1.45. The Morgan fingerprint density at radius 1 is 1.14 bits per heavy atom. The quantitative estimate of drug-likeness (QED) is 0.409. The van der Waals surface area contributed by atoms with E-state index in [2.05, 4.69) is 15.1 Å². The molecule has 4 rings (SSSR count). The van der Waals surface area contributed by atoms with Crippen molar-refractivity contribution in [3.8, 4) is 11.5 Å². The molecule has 1 aliphatic rings. The molecule has 2 aromatic carbocycles. The fourth-order valence-corrected chi connectivity index (χ4v) is 4.28. The average Bonchev–Trinajstić information content (AvgIpc) is 3.54. The van der Waals surface area contributed by atoms with Gasteiger partial charge in [-0.15, -0.1) is 10.2 Å². The molecule has 11 heteroatoms. The second kappa shape index (κ2) is 10.7. The fraction of sp³-hybridized carbons (Fsp3) is 0.400. The standard InChI is InChI=1S/C25H27F4N5O2/c1-4-15-11-18(26)7-8-21(15)34(25(35)33-10-9-19(14-33)32(2)3)13-17-6-5-16(12-20(17)27)23-30-31-24(36-23)22(28)29/h5-8,11-12,19,22H,4,9-10,13-14H2,1-3H3. The third kappa shape index (κ3) is 5.35. The van der Waals surface area contributed by atoms with Crippen molar-refractivity contribution in [3.63, 3.8) is 0 Å². The van der Waals surface area contributed by atoms with E-state index < -0.39 is 24.0 Å². The zero-order chi connectivity index (χ0) is 26.0. The number of hydrogen-bond acceptors (Lipinski definition) is 5. The lowest BCUT2D eigenvalue weighted by atomic mass is 10.1. The number of hydrogen-bond donors (Lipinski definition) is 0. The van der Waals surface area contributed by atoms with Crippen LogP contribution >= 0.6 is 0 Å². The molecule has 1 atom stereocenters. The van der Waals surface area contributed by atoms with Gasteiger partial charge in [0.05, 0.1) is 6.54 Å². The van der Waals surface area contributed by atoms with Gasteiger partial charge in [0.25, 0.3) is 5.89 Å². The third-order valence-corrected chi connectivity index (χ3v) is 6.36. The molecule has 36 heavy (non-hydrogen) atoms. The van der Waals surface area contributed by atoms with Crippen molar-refractivity contribution in [2.45, 2.75) is 38.8 Å². The molecule has 0 bridgehead atoms. The van der Waals surface area contributed by atoms with Crippen molar-refractivity contribution in [1.82, 2.24) is 20.0 Å². The number of likely N-dealkylation sites (tertiary alicyclic amines) is 1. The number of halogens is 4. The molecule has 1 aromatic heterocycles. The Morgan fingerprint density at radius 2 is 1.92 bits per heavy atom. The highest BCUT2D eigenvalue weighted by Crippen LogP contribution is 2.29. The Balaban J connectivity index is 1.65. The number of carbonyl (C=O) groups is 1. The smallest absolute Gasteiger partial charge is 0.324 e. The summed E-state index contributed by atoms with van der Waals surface area (Å²) in [6.07, 6.45) is -1.65. The molecule has 1 unspecified atom stereocenters. The van der Waals surface area contributed by atoms with Crippen LogP contribution in [0.1, 0.15) is 36.8 Å². The summed E-state index contributed by atoms with van der Waals surface area (Å²) in [5.74, 6) is -2.18. The molecule has 1 aliphatic heterocycles. The second-order valence-corrected chi connectivity index (χ2v) is 8.90. The minimum atomic E-state index is -2.93. The zero-order valence-corrected chi connectivity index (χ0v) is 20.2. The van der Waals surface area contributed by atoms with E-state index in [1.165, 1.54) is 35.2 Å². The van der Waals surface area contributed by atoms with E-state index in [1.807, 2.05) is 21.0 Å². The van der Waals surface area contributed by atoms with Gasteiger partial charge in [-0.25, -0.2) is 13.6 Å². The highest BCUT2D eigenvalue weighted by Gasteiger charge is 2.32. The van der Waals surface area contributed by atoms with E-state index in [1.54, 1.807) is 4.90 Å². The lowest BCUT2D eigenvalue weighted by Crippen LogP contribution is -2.43. The van der Waals surface area contributed by atoms with Gasteiger partial charge in [0.15, 0.2) is 0 Å². The fourth-order valence-electron chi connectivity index (χ4n) is 4.28. The maximum atomic E-state index is 15.2. The SMILES string of the molecule is CCc1cc(F)ccc1N(Cc1ccc(-c2nnc(C(F)F)o2)cc1F)C(=O)N1CCC(N(C)C)C1. The summed E-state index contributed by atoms with van der Waals surface area (Å²) < 4.78 is 59.6. The van der Waals surface area contributed by atoms with E-state index in [0.29, 0.717) is 30.8 Å². The van der Waals surface area contributed by atoms with Gasteiger partial charge in [-0.2, -0.15) is 8.78 Å². The zero-order valence-electron chi connectivity index (χ0n) is 20.2. The number of amides is 2. The number of rotatable bonds is 7. The van der Waals surface area contributed by atoms with Crippen molar-refractivity contribution in [2.75, 3.05) is 32.1 Å². The van der Waals surface area contributed by atoms with Gasteiger partial charge < -0.3 is 14.2 Å². The highest BCUT2D eigenvalue weighted by atomic mass is 19.3. The first kappa shape index (κ1) is 25.6. The van der Waals surface area contributed by atoms with E-state index in [4.69, 9.17) is 4.42 Å². The molecule has 0 aliphatic carbocycles. The Kier molecular flexibility index (Phi) is 7.58. The normalized spacial score (nSPS) is 15.8. The number of aromatic nitrogens is 2. The molecule has 0 saturated carbocycles. The second-order valence-electron chi connectivity index (χ2n) is 8.90. The first-order valence-corrected chi connectivity index (χ1v) is 11.6. The van der Waals surface area contributed by atoms with E-state index in [-0.39, 0.29) is 35.6 Å². The minimum absolute atomic E-state index is 0.112. The minimum Gasteiger partial charge on any atom is -0.415 e. The number of alkyl halides is 2. The van der Waals surface area contributed by atoms with E-state index >= 15 is 4.39 Å². The van der Waals surface area contributed by atoms with Crippen molar-refractivity contribution in [1.29, 1.82) is 0 Å². The predicted molar refractivity (Wildman–Crippen MR) is 126 cm³/mol. The number of carbonyl (C=O) groups excluding carboxylic acids is 1. The van der Waals surface area contributed by atoms with E-state index in [9.17, 15) is 18.0 Å². The topological polar surface area (TPSA) is 65.7 Å². The van der Waals surface area contributed by atoms with Crippen LogP contribution in [-0.4, -0.2) is 59.3 Å². The summed E-state index contributed by atoms with van der Waals surface area (Å²) in [5, 5.41) is 6.81. The van der Waals surface area contributed by atoms with Crippen LogP contribution in [0.5, 0.6) is 0 Å². The Hall–Kier alpha value is -3.47. The van der Waals surface area contributed by atoms with Gasteiger partial charge in [-0.3, -0.25) is 4.90 Å². The molecule has 1 fully saturated rings. The van der Waals surface area contributed by atoms with Crippen molar-refractivity contribution >= 4 is 11.7 Å².